The molecule has 0 atom stereocenters. The van der Waals surface area contributed by atoms with Gasteiger partial charge in [-0.2, -0.15) is 0 Å². The Balaban J connectivity index is 1.22. The minimum atomic E-state index is 0.605. The van der Waals surface area contributed by atoms with E-state index < -0.39 is 0 Å². The lowest BCUT2D eigenvalue weighted by molar-refractivity contribution is 0.991. The fraction of sp³-hybridized carbons (Fsp3) is 0. The van der Waals surface area contributed by atoms with Gasteiger partial charge in [0.15, 0.2) is 5.82 Å². The minimum Gasteiger partial charge on any atom is -0.317 e. The fourth-order valence-corrected chi connectivity index (χ4v) is 6.52. The van der Waals surface area contributed by atoms with Crippen LogP contribution in [0.25, 0.3) is 78.0 Å². The highest BCUT2D eigenvalue weighted by Gasteiger charge is 2.18. The lowest BCUT2D eigenvalue weighted by Gasteiger charge is -2.13. The number of fused-ring (bicyclic) bond motifs is 4. The van der Waals surface area contributed by atoms with Gasteiger partial charge in [0.25, 0.3) is 0 Å². The first-order chi connectivity index (χ1) is 22.8. The van der Waals surface area contributed by atoms with E-state index in [4.69, 9.17) is 10.1 Å². The van der Waals surface area contributed by atoms with E-state index in [-0.39, 0.29) is 0 Å². The highest BCUT2D eigenvalue weighted by Crippen LogP contribution is 2.36. The zero-order chi connectivity index (χ0) is 30.5. The van der Waals surface area contributed by atoms with Crippen molar-refractivity contribution in [3.05, 3.63) is 164 Å². The molecule has 0 aliphatic carbocycles. The number of hydrogen-bond acceptors (Lipinski definition) is 3. The Hall–Kier alpha value is -6.33. The summed E-state index contributed by atoms with van der Waals surface area (Å²) in [6.07, 6.45) is 2.15. The molecule has 216 valence electrons. The van der Waals surface area contributed by atoms with Crippen molar-refractivity contribution in [2.24, 2.45) is 0 Å². The molecule has 5 heteroatoms. The minimum absolute atomic E-state index is 0.605. The molecule has 0 fully saturated rings. The molecule has 0 aliphatic heterocycles. The lowest BCUT2D eigenvalue weighted by Crippen LogP contribution is -2.01. The number of nitrogens with zero attached hydrogens (tertiary/aromatic N) is 5. The van der Waals surface area contributed by atoms with Crippen molar-refractivity contribution in [2.45, 2.75) is 0 Å². The number of rotatable bonds is 5. The van der Waals surface area contributed by atoms with Crippen LogP contribution < -0.4 is 0 Å². The van der Waals surface area contributed by atoms with Crippen LogP contribution in [0.4, 0.5) is 0 Å². The van der Waals surface area contributed by atoms with Gasteiger partial charge < -0.3 is 9.13 Å². The van der Waals surface area contributed by atoms with Gasteiger partial charge >= 0.3 is 0 Å². The van der Waals surface area contributed by atoms with Crippen LogP contribution in [0.5, 0.6) is 0 Å². The fourth-order valence-electron chi connectivity index (χ4n) is 6.52. The Morgan fingerprint density at radius 1 is 0.413 bits per heavy atom. The van der Waals surface area contributed by atoms with Gasteiger partial charge in [-0.15, -0.1) is 10.2 Å². The molecule has 0 saturated heterocycles. The van der Waals surface area contributed by atoms with Crippen LogP contribution >= 0.6 is 0 Å². The predicted molar refractivity (Wildman–Crippen MR) is 187 cm³/mol. The van der Waals surface area contributed by atoms with E-state index >= 15 is 0 Å². The first-order valence-electron chi connectivity index (χ1n) is 15.4. The molecule has 6 aromatic carbocycles. The Labute approximate surface area is 265 Å². The molecular formula is C41H27N5. The maximum absolute atomic E-state index is 5.05. The van der Waals surface area contributed by atoms with Gasteiger partial charge in [0, 0.05) is 45.0 Å². The van der Waals surface area contributed by atoms with Gasteiger partial charge in [-0.1, -0.05) is 109 Å². The van der Waals surface area contributed by atoms with Crippen LogP contribution in [0.15, 0.2) is 164 Å². The van der Waals surface area contributed by atoms with Crippen molar-refractivity contribution >= 4 is 32.7 Å². The van der Waals surface area contributed by atoms with E-state index in [9.17, 15) is 0 Å². The first-order valence-corrected chi connectivity index (χ1v) is 15.4. The van der Waals surface area contributed by atoms with Crippen molar-refractivity contribution in [2.75, 3.05) is 0 Å². The van der Waals surface area contributed by atoms with Crippen LogP contribution in [0.2, 0.25) is 0 Å². The van der Waals surface area contributed by atoms with E-state index in [1.54, 1.807) is 0 Å². The molecule has 0 N–H and O–H groups in total. The molecule has 0 aliphatic rings. The standard InChI is InChI=1S/C41H27N5/c1-3-13-29(14-4-1)39-40(43-44-41(42-39)30-15-5-2-6-16-30)31-17-11-18-33(26-31)46-37-21-10-8-19-34(37)35-27-32(22-23-38(35)46)45-25-24-28-12-7-9-20-36(28)45/h1-27H. The number of hydrogen-bond donors (Lipinski definition) is 0. The SMILES string of the molecule is c1ccc(-c2nnc(-c3cccc(-n4c5ccccc5c5cc(-n6ccc7ccccc76)ccc54)c3)c(-c3ccccc3)n2)cc1. The second-order valence-corrected chi connectivity index (χ2v) is 11.4. The highest BCUT2D eigenvalue weighted by atomic mass is 15.2. The van der Waals surface area contributed by atoms with Crippen molar-refractivity contribution < 1.29 is 0 Å². The lowest BCUT2D eigenvalue weighted by atomic mass is 10.0. The Bertz CT molecular complexity index is 2530. The first kappa shape index (κ1) is 26.1. The third-order valence-electron chi connectivity index (χ3n) is 8.68. The maximum Gasteiger partial charge on any atom is 0.182 e. The average molecular weight is 590 g/mol. The third kappa shape index (κ3) is 4.29. The Morgan fingerprint density at radius 2 is 1.11 bits per heavy atom. The zero-order valence-corrected chi connectivity index (χ0v) is 24.8. The molecule has 5 nitrogen and oxygen atoms in total. The van der Waals surface area contributed by atoms with Gasteiger partial charge in [0.05, 0.1) is 16.6 Å². The summed E-state index contributed by atoms with van der Waals surface area (Å²) in [5.74, 6) is 0.605. The second kappa shape index (κ2) is 10.7. The predicted octanol–water partition coefficient (Wildman–Crippen LogP) is 9.91. The molecule has 0 radical (unpaired) electrons. The molecule has 3 aromatic heterocycles. The summed E-state index contributed by atoms with van der Waals surface area (Å²) >= 11 is 0. The third-order valence-corrected chi connectivity index (χ3v) is 8.68. The van der Waals surface area contributed by atoms with Crippen LogP contribution in [0.3, 0.4) is 0 Å². The van der Waals surface area contributed by atoms with Crippen LogP contribution in [0.1, 0.15) is 0 Å². The summed E-state index contributed by atoms with van der Waals surface area (Å²) in [5.41, 5.74) is 10.1. The monoisotopic (exact) mass is 589 g/mol. The molecule has 0 saturated carbocycles. The average Bonchev–Trinajstić information content (AvgIpc) is 3.71. The van der Waals surface area contributed by atoms with E-state index in [1.807, 2.05) is 48.5 Å². The largest absolute Gasteiger partial charge is 0.317 e. The summed E-state index contributed by atoms with van der Waals surface area (Å²) in [6.45, 7) is 0. The van der Waals surface area contributed by atoms with Gasteiger partial charge in [0.1, 0.15) is 11.4 Å². The normalized spacial score (nSPS) is 11.5. The van der Waals surface area contributed by atoms with Crippen molar-refractivity contribution in [1.29, 1.82) is 0 Å². The summed E-state index contributed by atoms with van der Waals surface area (Å²) in [7, 11) is 0. The highest BCUT2D eigenvalue weighted by molar-refractivity contribution is 6.10. The van der Waals surface area contributed by atoms with E-state index in [0.717, 1.165) is 50.5 Å². The zero-order valence-electron chi connectivity index (χ0n) is 24.8. The van der Waals surface area contributed by atoms with Gasteiger partial charge in [-0.25, -0.2) is 4.98 Å². The van der Waals surface area contributed by atoms with Crippen molar-refractivity contribution in [3.63, 3.8) is 0 Å². The maximum atomic E-state index is 5.05. The smallest absolute Gasteiger partial charge is 0.182 e. The van der Waals surface area contributed by atoms with Crippen LogP contribution in [0, 0.1) is 0 Å². The molecule has 46 heavy (non-hydrogen) atoms. The molecule has 0 amide bonds. The summed E-state index contributed by atoms with van der Waals surface area (Å²) in [6, 6.07) is 54.8. The van der Waals surface area contributed by atoms with Crippen molar-refractivity contribution in [3.8, 4) is 45.3 Å². The number of benzene rings is 6. The Morgan fingerprint density at radius 3 is 1.96 bits per heavy atom. The molecule has 0 spiro atoms. The van der Waals surface area contributed by atoms with E-state index in [0.29, 0.717) is 5.82 Å². The Kier molecular flexibility index (Phi) is 6.06. The van der Waals surface area contributed by atoms with Gasteiger partial charge in [-0.05, 0) is 53.9 Å². The van der Waals surface area contributed by atoms with Crippen LogP contribution in [-0.2, 0) is 0 Å². The summed E-state index contributed by atoms with van der Waals surface area (Å²) < 4.78 is 4.60. The molecular weight excluding hydrogens is 562 g/mol. The topological polar surface area (TPSA) is 48.5 Å². The van der Waals surface area contributed by atoms with E-state index in [1.165, 1.54) is 21.7 Å². The number of aromatic nitrogens is 5. The molecule has 0 bridgehead atoms. The molecule has 0 unspecified atom stereocenters. The van der Waals surface area contributed by atoms with Gasteiger partial charge in [0.2, 0.25) is 0 Å². The van der Waals surface area contributed by atoms with Gasteiger partial charge in [-0.3, -0.25) is 0 Å². The molecule has 3 heterocycles. The van der Waals surface area contributed by atoms with Crippen molar-refractivity contribution in [1.82, 2.24) is 24.3 Å². The molecule has 9 rings (SSSR count). The molecule has 9 aromatic rings. The number of para-hydroxylation sites is 2. The van der Waals surface area contributed by atoms with Crippen LogP contribution in [-0.4, -0.2) is 24.3 Å². The second-order valence-electron chi connectivity index (χ2n) is 11.4. The quantitative estimate of drug-likeness (QED) is 0.201. The summed E-state index contributed by atoms with van der Waals surface area (Å²) in [4.78, 5) is 5.05. The van der Waals surface area contributed by atoms with E-state index in [2.05, 4.69) is 130 Å². The summed E-state index contributed by atoms with van der Waals surface area (Å²) in [5, 5.41) is 13.0.